The SMILES string of the molecule is CCC(C)[Si](C)(NC)NC. The van der Waals surface area contributed by atoms with Gasteiger partial charge in [-0.3, -0.25) is 0 Å². The van der Waals surface area contributed by atoms with Gasteiger partial charge in [-0.15, -0.1) is 0 Å². The molecule has 0 heterocycles. The monoisotopic (exact) mass is 160 g/mol. The van der Waals surface area contributed by atoms with E-state index in [2.05, 4.69) is 44.5 Å². The van der Waals surface area contributed by atoms with Crippen LogP contribution in [0.4, 0.5) is 0 Å². The molecule has 62 valence electrons. The third-order valence-electron chi connectivity index (χ3n) is 2.64. The third kappa shape index (κ3) is 2.07. The van der Waals surface area contributed by atoms with Crippen LogP contribution >= 0.6 is 0 Å². The van der Waals surface area contributed by atoms with Crippen LogP contribution in [-0.2, 0) is 0 Å². The highest BCUT2D eigenvalue weighted by molar-refractivity contribution is 6.75. The molecule has 0 saturated heterocycles. The molecule has 0 spiro atoms. The molecular formula is C7H20N2Si. The van der Waals surface area contributed by atoms with Crippen molar-refractivity contribution in [3.8, 4) is 0 Å². The first-order chi connectivity index (χ1) is 4.60. The maximum Gasteiger partial charge on any atom is 0.200 e. The largest absolute Gasteiger partial charge is 0.328 e. The van der Waals surface area contributed by atoms with E-state index < -0.39 is 8.40 Å². The predicted octanol–water partition coefficient (Wildman–Crippen LogP) is 1.30. The topological polar surface area (TPSA) is 24.1 Å². The lowest BCUT2D eigenvalue weighted by Gasteiger charge is -2.31. The first kappa shape index (κ1) is 10.1. The van der Waals surface area contributed by atoms with Crippen LogP contribution in [0.3, 0.4) is 0 Å². The van der Waals surface area contributed by atoms with Crippen LogP contribution in [-0.4, -0.2) is 22.5 Å². The number of hydrogen-bond acceptors (Lipinski definition) is 2. The lowest BCUT2D eigenvalue weighted by molar-refractivity contribution is 0.782. The Morgan fingerprint density at radius 3 is 1.80 bits per heavy atom. The van der Waals surface area contributed by atoms with Gasteiger partial charge in [-0.25, -0.2) is 0 Å². The summed E-state index contributed by atoms with van der Waals surface area (Å²) in [4.78, 5) is 6.81. The van der Waals surface area contributed by atoms with Gasteiger partial charge in [-0.1, -0.05) is 20.3 Å². The van der Waals surface area contributed by atoms with Crippen molar-refractivity contribution >= 4 is 8.40 Å². The molecule has 0 fully saturated rings. The Hall–Kier alpha value is 0.137. The average Bonchev–Trinajstić information content (AvgIpc) is 2.01. The average molecular weight is 160 g/mol. The molecule has 0 aromatic rings. The fourth-order valence-corrected chi connectivity index (χ4v) is 3.08. The molecule has 2 N–H and O–H groups in total. The zero-order chi connectivity index (χ0) is 8.20. The molecule has 0 aromatic heterocycles. The van der Waals surface area contributed by atoms with Gasteiger partial charge in [0.25, 0.3) is 0 Å². The third-order valence-corrected chi connectivity index (χ3v) is 7.09. The van der Waals surface area contributed by atoms with Gasteiger partial charge in [0, 0.05) is 0 Å². The summed E-state index contributed by atoms with van der Waals surface area (Å²) >= 11 is 0. The van der Waals surface area contributed by atoms with E-state index >= 15 is 0 Å². The molecule has 2 nitrogen and oxygen atoms in total. The van der Waals surface area contributed by atoms with Gasteiger partial charge in [-0.2, -0.15) is 0 Å². The molecule has 1 atom stereocenters. The van der Waals surface area contributed by atoms with Crippen molar-refractivity contribution in [1.82, 2.24) is 9.96 Å². The van der Waals surface area contributed by atoms with Crippen molar-refractivity contribution in [3.63, 3.8) is 0 Å². The number of rotatable bonds is 4. The van der Waals surface area contributed by atoms with Gasteiger partial charge >= 0.3 is 0 Å². The summed E-state index contributed by atoms with van der Waals surface area (Å²) in [6, 6.07) is 0. The summed E-state index contributed by atoms with van der Waals surface area (Å²) in [5.41, 5.74) is 0.794. The minimum Gasteiger partial charge on any atom is -0.328 e. The second-order valence-electron chi connectivity index (χ2n) is 3.01. The standard InChI is InChI=1S/C7H20N2Si/c1-6-7(2)10(5,8-3)9-4/h7-9H,6H2,1-5H3. The first-order valence-electron chi connectivity index (χ1n) is 3.98. The fraction of sp³-hybridized carbons (Fsp3) is 1.00. The highest BCUT2D eigenvalue weighted by Gasteiger charge is 2.29. The molecule has 0 aromatic carbocycles. The Balaban J connectivity index is 4.02. The van der Waals surface area contributed by atoms with E-state index in [-0.39, 0.29) is 0 Å². The Morgan fingerprint density at radius 1 is 1.30 bits per heavy atom. The molecule has 0 aliphatic heterocycles. The van der Waals surface area contributed by atoms with Gasteiger partial charge in [-0.05, 0) is 26.2 Å². The van der Waals surface area contributed by atoms with Gasteiger partial charge in [0.1, 0.15) is 0 Å². The molecular weight excluding hydrogens is 140 g/mol. The second-order valence-corrected chi connectivity index (χ2v) is 7.40. The number of nitrogens with one attached hydrogen (secondary N) is 2. The first-order valence-corrected chi connectivity index (χ1v) is 6.56. The Morgan fingerprint density at radius 2 is 1.70 bits per heavy atom. The molecule has 0 rings (SSSR count). The van der Waals surface area contributed by atoms with Crippen LogP contribution in [0, 0.1) is 0 Å². The van der Waals surface area contributed by atoms with Crippen molar-refractivity contribution in [3.05, 3.63) is 0 Å². The molecule has 3 heteroatoms. The molecule has 0 bridgehead atoms. The highest BCUT2D eigenvalue weighted by Crippen LogP contribution is 2.18. The van der Waals surface area contributed by atoms with E-state index in [0.29, 0.717) is 0 Å². The minimum atomic E-state index is -1.30. The van der Waals surface area contributed by atoms with Crippen LogP contribution < -0.4 is 9.96 Å². The van der Waals surface area contributed by atoms with Crippen LogP contribution in [0.1, 0.15) is 20.3 Å². The van der Waals surface area contributed by atoms with Gasteiger partial charge in [0.15, 0.2) is 0 Å². The maximum atomic E-state index is 3.41. The second kappa shape index (κ2) is 4.11. The van der Waals surface area contributed by atoms with E-state index in [0.717, 1.165) is 5.54 Å². The predicted molar refractivity (Wildman–Crippen MR) is 49.5 cm³/mol. The quantitative estimate of drug-likeness (QED) is 0.606. The zero-order valence-electron chi connectivity index (χ0n) is 7.78. The van der Waals surface area contributed by atoms with Crippen LogP contribution in [0.25, 0.3) is 0 Å². The van der Waals surface area contributed by atoms with E-state index in [4.69, 9.17) is 0 Å². The summed E-state index contributed by atoms with van der Waals surface area (Å²) in [5, 5.41) is 0. The summed E-state index contributed by atoms with van der Waals surface area (Å²) in [6.07, 6.45) is 1.25. The molecule has 10 heavy (non-hydrogen) atoms. The lowest BCUT2D eigenvalue weighted by atomic mass is 10.4. The molecule has 1 unspecified atom stereocenters. The molecule has 0 amide bonds. The summed E-state index contributed by atoms with van der Waals surface area (Å²) in [6.45, 7) is 6.87. The Labute approximate surface area is 65.6 Å². The smallest absolute Gasteiger partial charge is 0.200 e. The van der Waals surface area contributed by atoms with Crippen molar-refractivity contribution in [2.24, 2.45) is 0 Å². The van der Waals surface area contributed by atoms with Crippen molar-refractivity contribution in [2.45, 2.75) is 32.4 Å². The summed E-state index contributed by atoms with van der Waals surface area (Å²) in [5.74, 6) is 0. The normalized spacial score (nSPS) is 15.3. The molecule has 0 saturated carbocycles. The summed E-state index contributed by atoms with van der Waals surface area (Å²) < 4.78 is 0. The van der Waals surface area contributed by atoms with Crippen LogP contribution in [0.2, 0.25) is 12.1 Å². The summed E-state index contributed by atoms with van der Waals surface area (Å²) in [7, 11) is 2.80. The van der Waals surface area contributed by atoms with Gasteiger partial charge < -0.3 is 9.96 Å². The Bertz CT molecular complexity index is 91.6. The van der Waals surface area contributed by atoms with E-state index in [1.807, 2.05) is 0 Å². The lowest BCUT2D eigenvalue weighted by Crippen LogP contribution is -2.59. The van der Waals surface area contributed by atoms with Crippen molar-refractivity contribution in [2.75, 3.05) is 14.1 Å². The van der Waals surface area contributed by atoms with Gasteiger partial charge in [0.2, 0.25) is 8.40 Å². The van der Waals surface area contributed by atoms with E-state index in [9.17, 15) is 0 Å². The molecule has 0 radical (unpaired) electrons. The minimum absolute atomic E-state index is 0.794. The number of hydrogen-bond donors (Lipinski definition) is 2. The van der Waals surface area contributed by atoms with Crippen LogP contribution in [0.5, 0.6) is 0 Å². The molecule has 0 aliphatic carbocycles. The van der Waals surface area contributed by atoms with Crippen molar-refractivity contribution in [1.29, 1.82) is 0 Å². The van der Waals surface area contributed by atoms with E-state index in [1.165, 1.54) is 6.42 Å². The zero-order valence-corrected chi connectivity index (χ0v) is 8.78. The fourth-order valence-electron chi connectivity index (χ4n) is 1.03. The van der Waals surface area contributed by atoms with Gasteiger partial charge in [0.05, 0.1) is 0 Å². The highest BCUT2D eigenvalue weighted by atomic mass is 28.3. The Kier molecular flexibility index (Phi) is 4.16. The van der Waals surface area contributed by atoms with Crippen molar-refractivity contribution < 1.29 is 0 Å². The van der Waals surface area contributed by atoms with Crippen LogP contribution in [0.15, 0.2) is 0 Å². The maximum absolute atomic E-state index is 3.41. The molecule has 0 aliphatic rings. The van der Waals surface area contributed by atoms with E-state index in [1.54, 1.807) is 0 Å².